The van der Waals surface area contributed by atoms with Crippen LogP contribution in [0.15, 0.2) is 42.7 Å². The quantitative estimate of drug-likeness (QED) is 0.771. The van der Waals surface area contributed by atoms with Gasteiger partial charge in [-0.05, 0) is 12.5 Å². The van der Waals surface area contributed by atoms with Crippen LogP contribution in [0.1, 0.15) is 12.5 Å². The lowest BCUT2D eigenvalue weighted by Crippen LogP contribution is -2.38. The number of carbonyl (C=O) groups excluding carboxylic acids is 1. The second kappa shape index (κ2) is 6.72. The number of aliphatic hydroxyl groups is 1. The van der Waals surface area contributed by atoms with Gasteiger partial charge >= 0.3 is 6.03 Å². The third-order valence-electron chi connectivity index (χ3n) is 2.73. The van der Waals surface area contributed by atoms with Crippen LogP contribution >= 0.6 is 0 Å². The van der Waals surface area contributed by atoms with Crippen molar-refractivity contribution in [1.82, 2.24) is 15.1 Å². The van der Waals surface area contributed by atoms with E-state index in [1.54, 1.807) is 24.0 Å². The van der Waals surface area contributed by atoms with Crippen LogP contribution in [0.5, 0.6) is 0 Å². The molecule has 1 atom stereocenters. The van der Waals surface area contributed by atoms with Crippen molar-refractivity contribution >= 4 is 11.7 Å². The van der Waals surface area contributed by atoms with Crippen LogP contribution in [-0.4, -0.2) is 33.6 Å². The van der Waals surface area contributed by atoms with Crippen LogP contribution < -0.4 is 10.6 Å². The van der Waals surface area contributed by atoms with E-state index in [1.165, 1.54) is 0 Å². The third-order valence-corrected chi connectivity index (χ3v) is 2.73. The number of amides is 2. The fourth-order valence-corrected chi connectivity index (χ4v) is 1.72. The molecule has 20 heavy (non-hydrogen) atoms. The molecule has 0 radical (unpaired) electrons. The summed E-state index contributed by atoms with van der Waals surface area (Å²) in [6.45, 7) is 2.27. The predicted octanol–water partition coefficient (Wildman–Crippen LogP) is 1.43. The number of rotatable bonds is 5. The van der Waals surface area contributed by atoms with Crippen molar-refractivity contribution < 1.29 is 9.90 Å². The van der Waals surface area contributed by atoms with Crippen molar-refractivity contribution in [2.75, 3.05) is 11.9 Å². The van der Waals surface area contributed by atoms with Gasteiger partial charge in [0.2, 0.25) is 0 Å². The van der Waals surface area contributed by atoms with Crippen LogP contribution in [0.3, 0.4) is 0 Å². The molecule has 0 aliphatic rings. The van der Waals surface area contributed by atoms with Gasteiger partial charge < -0.3 is 15.7 Å². The molecule has 6 heteroatoms. The standard InChI is InChI=1S/C14H18N4O2/c1-11(10-19)16-14(20)17-13-7-15-18(9-13)8-12-5-3-2-4-6-12/h2-7,9,11,19H,8,10H2,1H3,(H2,16,17,20). The molecule has 0 spiro atoms. The molecule has 0 saturated heterocycles. The molecule has 0 aliphatic carbocycles. The Morgan fingerprint density at radius 1 is 1.40 bits per heavy atom. The van der Waals surface area contributed by atoms with Crippen LogP contribution in [0.25, 0.3) is 0 Å². The average Bonchev–Trinajstić information content (AvgIpc) is 2.86. The molecular formula is C14H18N4O2. The molecular weight excluding hydrogens is 256 g/mol. The summed E-state index contributed by atoms with van der Waals surface area (Å²) in [4.78, 5) is 11.6. The van der Waals surface area contributed by atoms with Crippen molar-refractivity contribution in [2.45, 2.75) is 19.5 Å². The van der Waals surface area contributed by atoms with Crippen LogP contribution in [0, 0.1) is 0 Å². The predicted molar refractivity (Wildman–Crippen MR) is 76.5 cm³/mol. The Hall–Kier alpha value is -2.34. The second-order valence-electron chi connectivity index (χ2n) is 4.59. The summed E-state index contributed by atoms with van der Waals surface area (Å²) in [6.07, 6.45) is 3.35. The number of aliphatic hydroxyl groups excluding tert-OH is 1. The first-order chi connectivity index (χ1) is 9.67. The molecule has 106 valence electrons. The maximum Gasteiger partial charge on any atom is 0.319 e. The Balaban J connectivity index is 1.91. The number of anilines is 1. The Bertz CT molecular complexity index is 553. The van der Waals surface area contributed by atoms with Crippen molar-refractivity contribution in [3.05, 3.63) is 48.3 Å². The van der Waals surface area contributed by atoms with Gasteiger partial charge in [-0.2, -0.15) is 5.10 Å². The Morgan fingerprint density at radius 2 is 2.15 bits per heavy atom. The van der Waals surface area contributed by atoms with Gasteiger partial charge in [-0.3, -0.25) is 4.68 Å². The van der Waals surface area contributed by atoms with Gasteiger partial charge in [-0.1, -0.05) is 30.3 Å². The zero-order valence-electron chi connectivity index (χ0n) is 11.3. The minimum Gasteiger partial charge on any atom is -0.394 e. The van der Waals surface area contributed by atoms with E-state index in [9.17, 15) is 4.79 Å². The molecule has 0 saturated carbocycles. The van der Waals surface area contributed by atoms with E-state index in [0.717, 1.165) is 5.56 Å². The maximum absolute atomic E-state index is 11.6. The normalized spacial score (nSPS) is 11.9. The highest BCUT2D eigenvalue weighted by Gasteiger charge is 2.07. The van der Waals surface area contributed by atoms with E-state index in [-0.39, 0.29) is 18.7 Å². The second-order valence-corrected chi connectivity index (χ2v) is 4.59. The fourth-order valence-electron chi connectivity index (χ4n) is 1.72. The number of urea groups is 1. The SMILES string of the molecule is CC(CO)NC(=O)Nc1cnn(Cc2ccccc2)c1. The summed E-state index contributed by atoms with van der Waals surface area (Å²) in [5.41, 5.74) is 1.75. The molecule has 0 aliphatic heterocycles. The zero-order chi connectivity index (χ0) is 14.4. The molecule has 0 bridgehead atoms. The van der Waals surface area contributed by atoms with Gasteiger partial charge in [0.25, 0.3) is 0 Å². The third kappa shape index (κ3) is 4.10. The Labute approximate surface area is 117 Å². The lowest BCUT2D eigenvalue weighted by atomic mass is 10.2. The first-order valence-corrected chi connectivity index (χ1v) is 6.42. The summed E-state index contributed by atoms with van der Waals surface area (Å²) in [5, 5.41) is 18.3. The largest absolute Gasteiger partial charge is 0.394 e. The summed E-state index contributed by atoms with van der Waals surface area (Å²) in [5.74, 6) is 0. The van der Waals surface area contributed by atoms with E-state index >= 15 is 0 Å². The van der Waals surface area contributed by atoms with Crippen molar-refractivity contribution in [1.29, 1.82) is 0 Å². The number of carbonyl (C=O) groups is 1. The monoisotopic (exact) mass is 274 g/mol. The summed E-state index contributed by atoms with van der Waals surface area (Å²) >= 11 is 0. The van der Waals surface area contributed by atoms with E-state index in [0.29, 0.717) is 12.2 Å². The topological polar surface area (TPSA) is 79.2 Å². The smallest absolute Gasteiger partial charge is 0.319 e. The first kappa shape index (κ1) is 14.1. The minimum atomic E-state index is -0.356. The van der Waals surface area contributed by atoms with Crippen LogP contribution in [0.2, 0.25) is 0 Å². The van der Waals surface area contributed by atoms with Gasteiger partial charge in [-0.15, -0.1) is 0 Å². The average molecular weight is 274 g/mol. The van der Waals surface area contributed by atoms with Crippen molar-refractivity contribution in [3.8, 4) is 0 Å². The van der Waals surface area contributed by atoms with Crippen LogP contribution in [0.4, 0.5) is 10.5 Å². The molecule has 3 N–H and O–H groups in total. The van der Waals surface area contributed by atoms with Crippen LogP contribution in [-0.2, 0) is 6.54 Å². The number of hydrogen-bond donors (Lipinski definition) is 3. The molecule has 1 heterocycles. The highest BCUT2D eigenvalue weighted by molar-refractivity contribution is 5.89. The van der Waals surface area contributed by atoms with Gasteiger partial charge in [-0.25, -0.2) is 4.79 Å². The number of aromatic nitrogens is 2. The van der Waals surface area contributed by atoms with Crippen molar-refractivity contribution in [2.24, 2.45) is 0 Å². The molecule has 0 fully saturated rings. The molecule has 6 nitrogen and oxygen atoms in total. The zero-order valence-corrected chi connectivity index (χ0v) is 11.3. The molecule has 1 aromatic carbocycles. The molecule has 2 rings (SSSR count). The summed E-state index contributed by atoms with van der Waals surface area (Å²) in [6, 6.07) is 9.31. The lowest BCUT2D eigenvalue weighted by molar-refractivity contribution is 0.229. The van der Waals surface area contributed by atoms with E-state index in [4.69, 9.17) is 5.11 Å². The van der Waals surface area contributed by atoms with Gasteiger partial charge in [0.1, 0.15) is 0 Å². The Kier molecular flexibility index (Phi) is 4.73. The summed E-state index contributed by atoms with van der Waals surface area (Å²) < 4.78 is 1.75. The number of benzene rings is 1. The highest BCUT2D eigenvalue weighted by Crippen LogP contribution is 2.07. The van der Waals surface area contributed by atoms with Gasteiger partial charge in [0.05, 0.1) is 31.1 Å². The summed E-state index contributed by atoms with van der Waals surface area (Å²) in [7, 11) is 0. The van der Waals surface area contributed by atoms with E-state index < -0.39 is 0 Å². The minimum absolute atomic E-state index is 0.0965. The number of nitrogens with one attached hydrogen (secondary N) is 2. The van der Waals surface area contributed by atoms with Crippen molar-refractivity contribution in [3.63, 3.8) is 0 Å². The van der Waals surface area contributed by atoms with E-state index in [1.807, 2.05) is 30.3 Å². The molecule has 1 unspecified atom stereocenters. The first-order valence-electron chi connectivity index (χ1n) is 6.42. The highest BCUT2D eigenvalue weighted by atomic mass is 16.3. The number of nitrogens with zero attached hydrogens (tertiary/aromatic N) is 2. The van der Waals surface area contributed by atoms with Gasteiger partial charge in [0.15, 0.2) is 0 Å². The molecule has 1 aromatic heterocycles. The van der Waals surface area contributed by atoms with E-state index in [2.05, 4.69) is 15.7 Å². The number of hydrogen-bond acceptors (Lipinski definition) is 3. The fraction of sp³-hybridized carbons (Fsp3) is 0.286. The van der Waals surface area contributed by atoms with Gasteiger partial charge in [0, 0.05) is 6.20 Å². The lowest BCUT2D eigenvalue weighted by Gasteiger charge is -2.10. The maximum atomic E-state index is 11.6. The molecule has 2 aromatic rings. The Morgan fingerprint density at radius 3 is 2.85 bits per heavy atom. The molecule has 2 amide bonds.